The third-order valence-electron chi connectivity index (χ3n) is 4.07. The molecule has 0 aliphatic heterocycles. The molecule has 3 aromatic rings. The second kappa shape index (κ2) is 9.41. The molecule has 6 heteroatoms. The number of carboxylic acid groups (broad SMARTS) is 2. The summed E-state index contributed by atoms with van der Waals surface area (Å²) in [4.78, 5) is 21.4. The van der Waals surface area contributed by atoms with Crippen LogP contribution in [0.1, 0.15) is 37.4 Å². The first-order valence-electron chi connectivity index (χ1n) is 8.80. The SMILES string of the molecule is Cc1cc(C)c(Oc2ccccc2C(=O)O)c(C)c1.O=C(O)c1ccccc1O. The van der Waals surface area contributed by atoms with Gasteiger partial charge >= 0.3 is 11.9 Å². The summed E-state index contributed by atoms with van der Waals surface area (Å²) in [6, 6.07) is 16.5. The number of aryl methyl sites for hydroxylation is 3. The Morgan fingerprint density at radius 3 is 1.72 bits per heavy atom. The molecule has 0 heterocycles. The van der Waals surface area contributed by atoms with Crippen molar-refractivity contribution >= 4 is 11.9 Å². The fraction of sp³-hybridized carbons (Fsp3) is 0.130. The average Bonchev–Trinajstić information content (AvgIpc) is 2.65. The summed E-state index contributed by atoms with van der Waals surface area (Å²) in [5.41, 5.74) is 3.26. The quantitative estimate of drug-likeness (QED) is 0.562. The molecule has 0 atom stereocenters. The first-order chi connectivity index (χ1) is 13.7. The van der Waals surface area contributed by atoms with Crippen molar-refractivity contribution in [1.29, 1.82) is 0 Å². The van der Waals surface area contributed by atoms with Crippen LogP contribution in [-0.4, -0.2) is 27.3 Å². The Hall–Kier alpha value is -3.80. The van der Waals surface area contributed by atoms with Crippen LogP contribution < -0.4 is 4.74 Å². The number of benzene rings is 3. The van der Waals surface area contributed by atoms with Crippen LogP contribution in [0, 0.1) is 20.8 Å². The number of carbonyl (C=O) groups is 2. The van der Waals surface area contributed by atoms with Crippen molar-refractivity contribution in [2.45, 2.75) is 20.8 Å². The molecule has 150 valence electrons. The van der Waals surface area contributed by atoms with E-state index in [1.54, 1.807) is 30.3 Å². The van der Waals surface area contributed by atoms with E-state index in [0.29, 0.717) is 5.75 Å². The first-order valence-corrected chi connectivity index (χ1v) is 8.80. The largest absolute Gasteiger partial charge is 0.507 e. The molecule has 0 radical (unpaired) electrons. The zero-order chi connectivity index (χ0) is 21.6. The Morgan fingerprint density at radius 1 is 0.759 bits per heavy atom. The maximum atomic E-state index is 11.2. The maximum Gasteiger partial charge on any atom is 0.339 e. The van der Waals surface area contributed by atoms with Crippen LogP contribution in [0.15, 0.2) is 60.7 Å². The molecule has 3 N–H and O–H groups in total. The third-order valence-corrected chi connectivity index (χ3v) is 4.07. The van der Waals surface area contributed by atoms with Gasteiger partial charge in [0, 0.05) is 0 Å². The second-order valence-corrected chi connectivity index (χ2v) is 6.45. The Balaban J connectivity index is 0.000000253. The number of phenols is 1. The van der Waals surface area contributed by atoms with Gasteiger partial charge in [-0.15, -0.1) is 0 Å². The highest BCUT2D eigenvalue weighted by Gasteiger charge is 2.13. The van der Waals surface area contributed by atoms with Gasteiger partial charge in [0.1, 0.15) is 28.4 Å². The highest BCUT2D eigenvalue weighted by atomic mass is 16.5. The van der Waals surface area contributed by atoms with E-state index < -0.39 is 11.9 Å². The van der Waals surface area contributed by atoms with Gasteiger partial charge in [-0.05, 0) is 56.2 Å². The van der Waals surface area contributed by atoms with E-state index in [0.717, 1.165) is 22.4 Å². The van der Waals surface area contributed by atoms with Crippen LogP contribution in [0.4, 0.5) is 0 Å². The van der Waals surface area contributed by atoms with Crippen molar-refractivity contribution < 1.29 is 29.6 Å². The number of hydrogen-bond acceptors (Lipinski definition) is 4. The second-order valence-electron chi connectivity index (χ2n) is 6.45. The normalized spacial score (nSPS) is 9.90. The summed E-state index contributed by atoms with van der Waals surface area (Å²) >= 11 is 0. The number of carboxylic acids is 2. The van der Waals surface area contributed by atoms with Crippen LogP contribution in [0.5, 0.6) is 17.2 Å². The Kier molecular flexibility index (Phi) is 6.98. The molecule has 6 nitrogen and oxygen atoms in total. The predicted octanol–water partition coefficient (Wildman–Crippen LogP) is 5.19. The molecular weight excluding hydrogens is 372 g/mol. The van der Waals surface area contributed by atoms with Crippen molar-refractivity contribution in [1.82, 2.24) is 0 Å². The lowest BCUT2D eigenvalue weighted by atomic mass is 10.1. The highest BCUT2D eigenvalue weighted by molar-refractivity contribution is 5.91. The molecule has 3 rings (SSSR count). The lowest BCUT2D eigenvalue weighted by Crippen LogP contribution is -2.01. The molecule has 0 amide bonds. The number of aromatic carboxylic acids is 2. The van der Waals surface area contributed by atoms with E-state index in [1.165, 1.54) is 18.2 Å². The summed E-state index contributed by atoms with van der Waals surface area (Å²) in [6.45, 7) is 5.94. The van der Waals surface area contributed by atoms with E-state index in [4.69, 9.17) is 20.1 Å². The molecule has 0 aromatic heterocycles. The van der Waals surface area contributed by atoms with Gasteiger partial charge in [-0.1, -0.05) is 42.0 Å². The minimum atomic E-state index is -1.11. The van der Waals surface area contributed by atoms with Crippen molar-refractivity contribution in [2.75, 3.05) is 0 Å². The monoisotopic (exact) mass is 394 g/mol. The van der Waals surface area contributed by atoms with Gasteiger partial charge in [-0.25, -0.2) is 9.59 Å². The lowest BCUT2D eigenvalue weighted by molar-refractivity contribution is 0.0682. The van der Waals surface area contributed by atoms with E-state index in [2.05, 4.69) is 0 Å². The van der Waals surface area contributed by atoms with Crippen molar-refractivity contribution in [3.63, 3.8) is 0 Å². The van der Waals surface area contributed by atoms with Gasteiger partial charge in [-0.3, -0.25) is 0 Å². The maximum absolute atomic E-state index is 11.2. The van der Waals surface area contributed by atoms with Gasteiger partial charge in [0.25, 0.3) is 0 Å². The van der Waals surface area contributed by atoms with Gasteiger partial charge in [-0.2, -0.15) is 0 Å². The van der Waals surface area contributed by atoms with E-state index in [-0.39, 0.29) is 16.9 Å². The third kappa shape index (κ3) is 5.59. The summed E-state index contributed by atoms with van der Waals surface area (Å²) in [5.74, 6) is -1.21. The van der Waals surface area contributed by atoms with Crippen LogP contribution >= 0.6 is 0 Å². The van der Waals surface area contributed by atoms with Crippen molar-refractivity contribution in [2.24, 2.45) is 0 Å². The first kappa shape index (κ1) is 21.5. The Labute approximate surface area is 168 Å². The zero-order valence-corrected chi connectivity index (χ0v) is 16.3. The van der Waals surface area contributed by atoms with Crippen LogP contribution in [0.3, 0.4) is 0 Å². The molecule has 0 saturated heterocycles. The molecule has 0 aliphatic rings. The van der Waals surface area contributed by atoms with Crippen molar-refractivity contribution in [3.8, 4) is 17.2 Å². The van der Waals surface area contributed by atoms with Crippen LogP contribution in [0.2, 0.25) is 0 Å². The molecule has 0 unspecified atom stereocenters. The summed E-state index contributed by atoms with van der Waals surface area (Å²) in [6.07, 6.45) is 0. The molecule has 29 heavy (non-hydrogen) atoms. The molecule has 0 aliphatic carbocycles. The van der Waals surface area contributed by atoms with Gasteiger partial charge in [0.05, 0.1) is 0 Å². The topological polar surface area (TPSA) is 104 Å². The Bertz CT molecular complexity index is 1020. The number of aromatic hydroxyl groups is 1. The fourth-order valence-electron chi connectivity index (χ4n) is 2.82. The van der Waals surface area contributed by atoms with E-state index in [9.17, 15) is 9.59 Å². The molecule has 0 bridgehead atoms. The van der Waals surface area contributed by atoms with Gasteiger partial charge in [0.2, 0.25) is 0 Å². The standard InChI is InChI=1S/C16H16O3.C7H6O3/c1-10-8-11(2)15(12(3)9-10)19-14-7-5-4-6-13(14)16(17)18;8-6-4-2-1-3-5(6)7(9)10/h4-9H,1-3H3,(H,17,18);1-4,8H,(H,9,10). The van der Waals surface area contributed by atoms with Gasteiger partial charge in [0.15, 0.2) is 0 Å². The van der Waals surface area contributed by atoms with E-state index in [1.807, 2.05) is 32.9 Å². The number of para-hydroxylation sites is 2. The minimum Gasteiger partial charge on any atom is -0.507 e. The predicted molar refractivity (Wildman–Crippen MR) is 109 cm³/mol. The number of ether oxygens (including phenoxy) is 1. The smallest absolute Gasteiger partial charge is 0.339 e. The molecule has 0 saturated carbocycles. The summed E-state index contributed by atoms with van der Waals surface area (Å²) < 4.78 is 5.81. The highest BCUT2D eigenvalue weighted by Crippen LogP contribution is 2.31. The van der Waals surface area contributed by atoms with Crippen molar-refractivity contribution in [3.05, 3.63) is 88.5 Å². The molecule has 3 aromatic carbocycles. The summed E-state index contributed by atoms with van der Waals surface area (Å²) in [5, 5.41) is 26.5. The zero-order valence-electron chi connectivity index (χ0n) is 16.3. The Morgan fingerprint density at radius 2 is 1.24 bits per heavy atom. The average molecular weight is 394 g/mol. The fourth-order valence-corrected chi connectivity index (χ4v) is 2.82. The van der Waals surface area contributed by atoms with Crippen LogP contribution in [-0.2, 0) is 0 Å². The van der Waals surface area contributed by atoms with Gasteiger partial charge < -0.3 is 20.1 Å². The molecule has 0 fully saturated rings. The van der Waals surface area contributed by atoms with Crippen LogP contribution in [0.25, 0.3) is 0 Å². The summed E-state index contributed by atoms with van der Waals surface area (Å²) in [7, 11) is 0. The lowest BCUT2D eigenvalue weighted by Gasteiger charge is -2.14. The molecule has 0 spiro atoms. The number of rotatable bonds is 4. The molecular formula is C23H22O6. The van der Waals surface area contributed by atoms with E-state index >= 15 is 0 Å². The number of hydrogen-bond donors (Lipinski definition) is 3. The minimum absolute atomic E-state index is 0.0671.